The second-order valence-electron chi connectivity index (χ2n) is 7.60. The molecule has 1 aliphatic carbocycles. The molecule has 0 aromatic heterocycles. The molecule has 2 heterocycles. The van der Waals surface area contributed by atoms with Gasteiger partial charge in [0.15, 0.2) is 0 Å². The predicted molar refractivity (Wildman–Crippen MR) is 111 cm³/mol. The van der Waals surface area contributed by atoms with E-state index >= 15 is 0 Å². The van der Waals surface area contributed by atoms with E-state index < -0.39 is 11.6 Å². The zero-order valence-corrected chi connectivity index (χ0v) is 16.7. The number of hydrogen-bond acceptors (Lipinski definition) is 4. The number of hydrogen-bond donors (Lipinski definition) is 1. The van der Waals surface area contributed by atoms with Gasteiger partial charge in [-0.25, -0.2) is 4.79 Å². The van der Waals surface area contributed by atoms with Crippen molar-refractivity contribution in [3.8, 4) is 0 Å². The van der Waals surface area contributed by atoms with Gasteiger partial charge in [0, 0.05) is 11.4 Å². The number of thioether (sulfide) groups is 1. The molecule has 1 unspecified atom stereocenters. The number of para-hydroxylation sites is 1. The number of fused-ring (bicyclic) bond motifs is 3. The summed E-state index contributed by atoms with van der Waals surface area (Å²) < 4.78 is 0. The van der Waals surface area contributed by atoms with Gasteiger partial charge in [0.25, 0.3) is 5.91 Å². The van der Waals surface area contributed by atoms with Crippen LogP contribution in [-0.4, -0.2) is 41.6 Å². The van der Waals surface area contributed by atoms with Crippen molar-refractivity contribution in [2.75, 3.05) is 23.7 Å². The van der Waals surface area contributed by atoms with Crippen LogP contribution in [-0.2, 0) is 21.5 Å². The summed E-state index contributed by atoms with van der Waals surface area (Å²) >= 11 is 1.73. The van der Waals surface area contributed by atoms with Gasteiger partial charge in [0.2, 0.25) is 5.91 Å². The maximum absolute atomic E-state index is 13.3. The molecule has 2 aliphatic heterocycles. The molecule has 0 saturated carbocycles. The van der Waals surface area contributed by atoms with Gasteiger partial charge in [0.05, 0.1) is 5.69 Å². The molecule has 1 spiro atoms. The summed E-state index contributed by atoms with van der Waals surface area (Å²) in [4.78, 5) is 43.0. The molecule has 2 aromatic carbocycles. The molecule has 0 radical (unpaired) electrons. The summed E-state index contributed by atoms with van der Waals surface area (Å²) in [6, 6.07) is 15.0. The second-order valence-corrected chi connectivity index (χ2v) is 8.74. The Bertz CT molecular complexity index is 1020. The normalized spacial score (nSPS) is 23.0. The van der Waals surface area contributed by atoms with E-state index in [2.05, 4.69) is 5.32 Å². The van der Waals surface area contributed by atoms with Crippen molar-refractivity contribution in [2.24, 2.45) is 0 Å². The third kappa shape index (κ3) is 2.83. The quantitative estimate of drug-likeness (QED) is 0.778. The number of amides is 4. The van der Waals surface area contributed by atoms with Gasteiger partial charge in [-0.3, -0.25) is 14.5 Å². The molecule has 4 amide bonds. The lowest BCUT2D eigenvalue weighted by atomic mass is 9.92. The predicted octanol–water partition coefficient (Wildman–Crippen LogP) is 2.91. The molecule has 1 fully saturated rings. The Morgan fingerprint density at radius 3 is 2.79 bits per heavy atom. The second kappa shape index (κ2) is 6.91. The number of rotatable bonds is 2. The highest BCUT2D eigenvalue weighted by Crippen LogP contribution is 2.41. The van der Waals surface area contributed by atoms with Crippen molar-refractivity contribution in [1.82, 2.24) is 10.2 Å². The third-order valence-corrected chi connectivity index (χ3v) is 7.11. The van der Waals surface area contributed by atoms with E-state index in [0.717, 1.165) is 45.2 Å². The average Bonchev–Trinajstić information content (AvgIpc) is 3.11. The van der Waals surface area contributed by atoms with Gasteiger partial charge in [-0.15, -0.1) is 11.8 Å². The van der Waals surface area contributed by atoms with Crippen LogP contribution >= 0.6 is 11.8 Å². The SMILES string of the molecule is O=C1NC2(CCc3ccccc32)C(=O)N1CC(=O)N1CCCSc2ccccc21. The molecule has 3 aliphatic rings. The lowest BCUT2D eigenvalue weighted by molar-refractivity contribution is -0.134. The molecule has 2 aromatic rings. The summed E-state index contributed by atoms with van der Waals surface area (Å²) in [6.45, 7) is 0.341. The minimum atomic E-state index is -1.03. The molecular weight excluding hydrogens is 386 g/mol. The monoisotopic (exact) mass is 407 g/mol. The zero-order valence-electron chi connectivity index (χ0n) is 15.9. The molecule has 6 nitrogen and oxygen atoms in total. The zero-order chi connectivity index (χ0) is 20.0. The van der Waals surface area contributed by atoms with Crippen LogP contribution < -0.4 is 10.2 Å². The van der Waals surface area contributed by atoms with Gasteiger partial charge in [-0.1, -0.05) is 36.4 Å². The van der Waals surface area contributed by atoms with Crippen molar-refractivity contribution < 1.29 is 14.4 Å². The highest BCUT2D eigenvalue weighted by molar-refractivity contribution is 7.99. The van der Waals surface area contributed by atoms with Crippen LogP contribution in [0.5, 0.6) is 0 Å². The molecule has 5 rings (SSSR count). The Labute approximate surface area is 173 Å². The number of nitrogens with one attached hydrogen (secondary N) is 1. The van der Waals surface area contributed by atoms with Crippen molar-refractivity contribution >= 4 is 35.3 Å². The van der Waals surface area contributed by atoms with Gasteiger partial charge < -0.3 is 10.2 Å². The molecular formula is C22H21N3O3S. The van der Waals surface area contributed by atoms with Crippen LogP contribution in [0.4, 0.5) is 10.5 Å². The minimum Gasteiger partial charge on any atom is -0.319 e. The summed E-state index contributed by atoms with van der Waals surface area (Å²) in [6.07, 6.45) is 2.13. The van der Waals surface area contributed by atoms with E-state index in [4.69, 9.17) is 0 Å². The molecule has 7 heteroatoms. The van der Waals surface area contributed by atoms with E-state index in [0.29, 0.717) is 13.0 Å². The number of imide groups is 1. The molecule has 148 valence electrons. The van der Waals surface area contributed by atoms with Crippen LogP contribution in [0.3, 0.4) is 0 Å². The van der Waals surface area contributed by atoms with E-state index in [1.165, 1.54) is 0 Å². The van der Waals surface area contributed by atoms with E-state index in [1.807, 2.05) is 48.5 Å². The Kier molecular flexibility index (Phi) is 4.35. The van der Waals surface area contributed by atoms with E-state index in [-0.39, 0.29) is 18.4 Å². The molecule has 1 saturated heterocycles. The first-order chi connectivity index (χ1) is 14.1. The fourth-order valence-electron chi connectivity index (χ4n) is 4.54. The maximum atomic E-state index is 13.3. The Balaban J connectivity index is 1.41. The number of nitrogens with zero attached hydrogens (tertiary/aromatic N) is 2. The largest absolute Gasteiger partial charge is 0.325 e. The lowest BCUT2D eigenvalue weighted by Gasteiger charge is -2.25. The van der Waals surface area contributed by atoms with Crippen molar-refractivity contribution in [3.05, 3.63) is 59.7 Å². The standard InChI is InChI=1S/C22H21N3O3S/c26-19(24-12-5-13-29-18-9-4-3-8-17(18)24)14-25-20(27)22(23-21(25)28)11-10-15-6-1-2-7-16(15)22/h1-4,6-9H,5,10-14H2,(H,23,28). The first-order valence-electron chi connectivity index (χ1n) is 9.85. The Hall–Kier alpha value is -2.80. The summed E-state index contributed by atoms with van der Waals surface area (Å²) in [5, 5.41) is 2.89. The van der Waals surface area contributed by atoms with Crippen LogP contribution in [0.25, 0.3) is 0 Å². The van der Waals surface area contributed by atoms with Crippen LogP contribution in [0.2, 0.25) is 0 Å². The first kappa shape index (κ1) is 18.2. The third-order valence-electron chi connectivity index (χ3n) is 5.96. The van der Waals surface area contributed by atoms with Gasteiger partial charge in [-0.05, 0) is 48.3 Å². The minimum absolute atomic E-state index is 0.230. The van der Waals surface area contributed by atoms with Crippen molar-refractivity contribution in [1.29, 1.82) is 0 Å². The molecule has 0 bridgehead atoms. The van der Waals surface area contributed by atoms with Crippen LogP contribution in [0.1, 0.15) is 24.0 Å². The van der Waals surface area contributed by atoms with Gasteiger partial charge in [0.1, 0.15) is 12.1 Å². The summed E-state index contributed by atoms with van der Waals surface area (Å²) in [5.74, 6) is 0.383. The number of aryl methyl sites for hydroxylation is 1. The Morgan fingerprint density at radius 2 is 1.90 bits per heavy atom. The molecule has 29 heavy (non-hydrogen) atoms. The average molecular weight is 407 g/mol. The van der Waals surface area contributed by atoms with Crippen molar-refractivity contribution in [2.45, 2.75) is 29.7 Å². The highest BCUT2D eigenvalue weighted by atomic mass is 32.2. The smallest absolute Gasteiger partial charge is 0.319 e. The van der Waals surface area contributed by atoms with E-state index in [1.54, 1.807) is 16.7 Å². The lowest BCUT2D eigenvalue weighted by Crippen LogP contribution is -2.45. The van der Waals surface area contributed by atoms with E-state index in [9.17, 15) is 14.4 Å². The Morgan fingerprint density at radius 1 is 1.10 bits per heavy atom. The molecule has 1 atom stereocenters. The van der Waals surface area contributed by atoms with Crippen molar-refractivity contribution in [3.63, 3.8) is 0 Å². The topological polar surface area (TPSA) is 69.7 Å². The van der Waals surface area contributed by atoms with Crippen LogP contribution in [0.15, 0.2) is 53.4 Å². The number of anilines is 1. The fourth-order valence-corrected chi connectivity index (χ4v) is 5.53. The highest BCUT2D eigenvalue weighted by Gasteiger charge is 2.55. The maximum Gasteiger partial charge on any atom is 0.325 e. The molecule has 1 N–H and O–H groups in total. The van der Waals surface area contributed by atoms with Crippen LogP contribution in [0, 0.1) is 0 Å². The summed E-state index contributed by atoms with van der Waals surface area (Å²) in [5.41, 5.74) is 1.76. The first-order valence-corrected chi connectivity index (χ1v) is 10.8. The van der Waals surface area contributed by atoms with Gasteiger partial charge >= 0.3 is 6.03 Å². The van der Waals surface area contributed by atoms with Gasteiger partial charge in [-0.2, -0.15) is 0 Å². The number of benzene rings is 2. The number of carbonyl (C=O) groups excluding carboxylic acids is 3. The summed E-state index contributed by atoms with van der Waals surface area (Å²) in [7, 11) is 0. The number of urea groups is 1. The fraction of sp³-hybridized carbons (Fsp3) is 0.318. The number of carbonyl (C=O) groups is 3.